The third-order valence-corrected chi connectivity index (χ3v) is 5.37. The number of ether oxygens (including phenoxy) is 1. The highest BCUT2D eigenvalue weighted by Crippen LogP contribution is 2.27. The Morgan fingerprint density at radius 1 is 1.43 bits per heavy atom. The summed E-state index contributed by atoms with van der Waals surface area (Å²) in [6.07, 6.45) is 1.05. The highest BCUT2D eigenvalue weighted by molar-refractivity contribution is 9.10. The monoisotopic (exact) mass is 365 g/mol. The number of halogens is 1. The maximum Gasteiger partial charge on any atom is 0.176 e. The molecule has 1 aromatic heterocycles. The number of methoxy groups -OCH3 is 1. The molecule has 1 aromatic carbocycles. The summed E-state index contributed by atoms with van der Waals surface area (Å²) >= 11 is 5.24. The molecule has 0 N–H and O–H groups in total. The predicted octanol–water partition coefficient (Wildman–Crippen LogP) is 3.76. The van der Waals surface area contributed by atoms with Gasteiger partial charge in [0.25, 0.3) is 0 Å². The van der Waals surface area contributed by atoms with Crippen molar-refractivity contribution >= 4 is 33.0 Å². The number of hydrogen-bond acceptors (Lipinski definition) is 4. The number of Topliss-reactive ketones (excluding diaryl/α,β-unsaturated/α-hetero) is 1. The van der Waals surface area contributed by atoms with Gasteiger partial charge >= 0.3 is 0 Å². The van der Waals surface area contributed by atoms with Gasteiger partial charge in [-0.05, 0) is 57.6 Å². The lowest BCUT2D eigenvalue weighted by Crippen LogP contribution is -2.34. The molecule has 0 radical (unpaired) electrons. The molecule has 3 nitrogen and oxygen atoms in total. The number of ketones is 1. The van der Waals surface area contributed by atoms with E-state index in [1.54, 1.807) is 7.11 Å². The lowest BCUT2D eigenvalue weighted by molar-refractivity contribution is 0.0922. The fraction of sp³-hybridized carbons (Fsp3) is 0.312. The molecule has 5 heteroatoms. The quantitative estimate of drug-likeness (QED) is 0.772. The Kier molecular flexibility index (Phi) is 4.42. The minimum absolute atomic E-state index is 0.150. The van der Waals surface area contributed by atoms with E-state index in [0.29, 0.717) is 6.54 Å². The van der Waals surface area contributed by atoms with E-state index in [4.69, 9.17) is 4.74 Å². The van der Waals surface area contributed by atoms with Gasteiger partial charge in [-0.2, -0.15) is 0 Å². The van der Waals surface area contributed by atoms with Crippen molar-refractivity contribution in [1.82, 2.24) is 4.90 Å². The molecule has 0 unspecified atom stereocenters. The fourth-order valence-electron chi connectivity index (χ4n) is 2.58. The number of carbonyl (C=O) groups excluding carboxylic acids is 1. The number of benzene rings is 1. The zero-order valence-corrected chi connectivity index (χ0v) is 14.2. The van der Waals surface area contributed by atoms with E-state index in [1.807, 2.05) is 29.5 Å². The van der Waals surface area contributed by atoms with Crippen LogP contribution >= 0.6 is 27.3 Å². The van der Waals surface area contributed by atoms with Crippen molar-refractivity contribution in [3.05, 3.63) is 50.1 Å². The van der Waals surface area contributed by atoms with Crippen molar-refractivity contribution in [2.24, 2.45) is 0 Å². The van der Waals surface area contributed by atoms with Crippen molar-refractivity contribution < 1.29 is 9.53 Å². The summed E-state index contributed by atoms with van der Waals surface area (Å²) in [5.74, 6) is 0.893. The molecule has 0 aliphatic carbocycles. The number of fused-ring (bicyclic) bond motifs is 1. The first-order chi connectivity index (χ1) is 10.2. The standard InChI is InChI=1S/C16H16BrNO2S/c1-20-15-3-2-11(8-13(15)17)14(19)10-18-6-4-16-12(9-18)5-7-21-16/h2-3,5,7-8H,4,6,9-10H2,1H3. The smallest absolute Gasteiger partial charge is 0.176 e. The Labute approximate surface area is 136 Å². The van der Waals surface area contributed by atoms with Crippen LogP contribution in [0.25, 0.3) is 0 Å². The second-order valence-corrected chi connectivity index (χ2v) is 6.96. The number of rotatable bonds is 4. The van der Waals surface area contributed by atoms with Crippen molar-refractivity contribution in [1.29, 1.82) is 0 Å². The van der Waals surface area contributed by atoms with Crippen LogP contribution in [0.4, 0.5) is 0 Å². The van der Waals surface area contributed by atoms with Gasteiger partial charge < -0.3 is 4.74 Å². The zero-order valence-electron chi connectivity index (χ0n) is 11.8. The molecule has 3 rings (SSSR count). The molecule has 0 amide bonds. The number of thiophene rings is 1. The van der Waals surface area contributed by atoms with E-state index >= 15 is 0 Å². The molecule has 0 atom stereocenters. The largest absolute Gasteiger partial charge is 0.496 e. The van der Waals surface area contributed by atoms with Crippen LogP contribution in [0.2, 0.25) is 0 Å². The van der Waals surface area contributed by atoms with Gasteiger partial charge in [-0.1, -0.05) is 0 Å². The Bertz CT molecular complexity index is 668. The summed E-state index contributed by atoms with van der Waals surface area (Å²) in [4.78, 5) is 16.1. The highest BCUT2D eigenvalue weighted by atomic mass is 79.9. The first kappa shape index (κ1) is 14.8. The molecule has 21 heavy (non-hydrogen) atoms. The predicted molar refractivity (Wildman–Crippen MR) is 88.3 cm³/mol. The fourth-order valence-corrected chi connectivity index (χ4v) is 4.01. The van der Waals surface area contributed by atoms with Crippen molar-refractivity contribution in [3.8, 4) is 5.75 Å². The lowest BCUT2D eigenvalue weighted by Gasteiger charge is -2.26. The molecular weight excluding hydrogens is 350 g/mol. The Morgan fingerprint density at radius 2 is 2.29 bits per heavy atom. The first-order valence-corrected chi connectivity index (χ1v) is 8.49. The summed E-state index contributed by atoms with van der Waals surface area (Å²) in [6.45, 7) is 2.30. The van der Waals surface area contributed by atoms with Crippen LogP contribution in [0.5, 0.6) is 5.75 Å². The molecule has 1 aliphatic heterocycles. The SMILES string of the molecule is COc1ccc(C(=O)CN2CCc3sccc3C2)cc1Br. The first-order valence-electron chi connectivity index (χ1n) is 6.81. The maximum absolute atomic E-state index is 12.4. The number of hydrogen-bond donors (Lipinski definition) is 0. The van der Waals surface area contributed by atoms with Crippen LogP contribution in [0, 0.1) is 0 Å². The average molecular weight is 366 g/mol. The van der Waals surface area contributed by atoms with Crippen molar-refractivity contribution in [2.45, 2.75) is 13.0 Å². The van der Waals surface area contributed by atoms with Crippen LogP contribution in [0.3, 0.4) is 0 Å². The normalized spacial score (nSPS) is 14.8. The lowest BCUT2D eigenvalue weighted by atomic mass is 10.1. The molecule has 2 heterocycles. The molecule has 2 aromatic rings. The molecular formula is C16H16BrNO2S. The van der Waals surface area contributed by atoms with Crippen LogP contribution in [0.1, 0.15) is 20.8 Å². The summed E-state index contributed by atoms with van der Waals surface area (Å²) in [5, 5.41) is 2.14. The number of carbonyl (C=O) groups is 1. The van der Waals surface area contributed by atoms with E-state index in [1.165, 1.54) is 10.4 Å². The number of nitrogens with zero attached hydrogens (tertiary/aromatic N) is 1. The highest BCUT2D eigenvalue weighted by Gasteiger charge is 2.20. The summed E-state index contributed by atoms with van der Waals surface area (Å²) in [5.41, 5.74) is 2.09. The van der Waals surface area contributed by atoms with Gasteiger partial charge in [-0.15, -0.1) is 11.3 Å². The molecule has 0 fully saturated rings. The Morgan fingerprint density at radius 3 is 3.05 bits per heavy atom. The maximum atomic E-state index is 12.4. The molecule has 110 valence electrons. The van der Waals surface area contributed by atoms with Gasteiger partial charge in [0.05, 0.1) is 18.1 Å². The van der Waals surface area contributed by atoms with Crippen molar-refractivity contribution in [3.63, 3.8) is 0 Å². The average Bonchev–Trinajstić information content (AvgIpc) is 2.94. The molecule has 0 saturated carbocycles. The summed E-state index contributed by atoms with van der Waals surface area (Å²) < 4.78 is 6.01. The Balaban J connectivity index is 1.68. The Hall–Kier alpha value is -1.17. The minimum Gasteiger partial charge on any atom is -0.496 e. The zero-order chi connectivity index (χ0) is 14.8. The molecule has 0 spiro atoms. The van der Waals surface area contributed by atoms with E-state index in [-0.39, 0.29) is 5.78 Å². The molecule has 0 bridgehead atoms. The third-order valence-electron chi connectivity index (χ3n) is 3.73. The topological polar surface area (TPSA) is 29.5 Å². The van der Waals surface area contributed by atoms with Crippen LogP contribution in [-0.2, 0) is 13.0 Å². The summed E-state index contributed by atoms with van der Waals surface area (Å²) in [6, 6.07) is 7.65. The second-order valence-electron chi connectivity index (χ2n) is 5.10. The molecule has 1 aliphatic rings. The van der Waals surface area contributed by atoms with E-state index in [9.17, 15) is 4.79 Å². The van der Waals surface area contributed by atoms with Crippen molar-refractivity contribution in [2.75, 3.05) is 20.2 Å². The van der Waals surface area contributed by atoms with Crippen LogP contribution in [-0.4, -0.2) is 30.9 Å². The van der Waals surface area contributed by atoms with Gasteiger partial charge in [0, 0.05) is 23.5 Å². The van der Waals surface area contributed by atoms with E-state index in [0.717, 1.165) is 35.3 Å². The second kappa shape index (κ2) is 6.30. The summed E-state index contributed by atoms with van der Waals surface area (Å²) in [7, 11) is 1.62. The van der Waals surface area contributed by atoms with Gasteiger partial charge in [0.2, 0.25) is 0 Å². The van der Waals surface area contributed by atoms with Gasteiger partial charge in [0.15, 0.2) is 5.78 Å². The molecule has 0 saturated heterocycles. The van der Waals surface area contributed by atoms with Crippen LogP contribution < -0.4 is 4.74 Å². The van der Waals surface area contributed by atoms with Gasteiger partial charge in [0.1, 0.15) is 5.75 Å². The van der Waals surface area contributed by atoms with Crippen LogP contribution in [0.15, 0.2) is 34.1 Å². The minimum atomic E-state index is 0.150. The van der Waals surface area contributed by atoms with Gasteiger partial charge in [-0.25, -0.2) is 0 Å². The third kappa shape index (κ3) is 3.20. The van der Waals surface area contributed by atoms with E-state index in [2.05, 4.69) is 32.3 Å². The van der Waals surface area contributed by atoms with E-state index < -0.39 is 0 Å². The van der Waals surface area contributed by atoms with Gasteiger partial charge in [-0.3, -0.25) is 9.69 Å².